The van der Waals surface area contributed by atoms with E-state index in [4.69, 9.17) is 10.5 Å². The zero-order chi connectivity index (χ0) is 11.1. The molecule has 0 aliphatic carbocycles. The Morgan fingerprint density at radius 3 is 3.00 bits per heavy atom. The Labute approximate surface area is 94.6 Å². The fraction of sp³-hybridized carbons (Fsp3) is 0.455. The van der Waals surface area contributed by atoms with E-state index in [0.717, 1.165) is 17.9 Å². The van der Waals surface area contributed by atoms with Crippen LogP contribution in [0.15, 0.2) is 18.2 Å². The molecule has 1 rings (SSSR count). The van der Waals surface area contributed by atoms with Gasteiger partial charge in [-0.1, -0.05) is 13.0 Å². The molecule has 15 heavy (non-hydrogen) atoms. The maximum absolute atomic E-state index is 9.33. The van der Waals surface area contributed by atoms with Gasteiger partial charge in [0.15, 0.2) is 0 Å². The molecule has 0 fully saturated rings. The van der Waals surface area contributed by atoms with Gasteiger partial charge in [-0.05, 0) is 30.1 Å². The summed E-state index contributed by atoms with van der Waals surface area (Å²) in [6.07, 6.45) is 0.994. The van der Waals surface area contributed by atoms with Crippen molar-refractivity contribution in [2.75, 3.05) is 23.8 Å². The summed E-state index contributed by atoms with van der Waals surface area (Å²) in [5, 5.41) is 9.33. The molecular weight excluding hydrogens is 210 g/mol. The predicted molar refractivity (Wildman–Crippen MR) is 65.6 cm³/mol. The zero-order valence-electron chi connectivity index (χ0n) is 8.90. The number of anilines is 1. The third kappa shape index (κ3) is 3.91. The molecule has 0 saturated carbocycles. The molecule has 0 aliphatic heterocycles. The number of ether oxygens (including phenoxy) is 1. The lowest BCUT2D eigenvalue weighted by molar-refractivity contribution is 0.319. The highest BCUT2D eigenvalue weighted by Crippen LogP contribution is 2.29. The van der Waals surface area contributed by atoms with E-state index < -0.39 is 0 Å². The minimum absolute atomic E-state index is 0.0791. The first-order valence-electron chi connectivity index (χ1n) is 5.03. The van der Waals surface area contributed by atoms with Crippen LogP contribution in [0.2, 0.25) is 0 Å². The van der Waals surface area contributed by atoms with Crippen LogP contribution < -0.4 is 10.5 Å². The molecule has 0 aromatic heterocycles. The van der Waals surface area contributed by atoms with Crippen molar-refractivity contribution < 1.29 is 9.84 Å². The van der Waals surface area contributed by atoms with Crippen LogP contribution in [0.25, 0.3) is 0 Å². The monoisotopic (exact) mass is 227 g/mol. The predicted octanol–water partition coefficient (Wildman–Crippen LogP) is 2.50. The molecule has 1 aromatic rings. The van der Waals surface area contributed by atoms with E-state index in [1.807, 2.05) is 11.8 Å². The maximum Gasteiger partial charge on any atom is 0.145 e. The highest BCUT2D eigenvalue weighted by atomic mass is 32.2. The van der Waals surface area contributed by atoms with E-state index in [9.17, 15) is 5.11 Å². The van der Waals surface area contributed by atoms with Gasteiger partial charge in [0.25, 0.3) is 0 Å². The van der Waals surface area contributed by atoms with E-state index in [0.29, 0.717) is 18.0 Å². The van der Waals surface area contributed by atoms with Crippen LogP contribution in [0.3, 0.4) is 0 Å². The molecule has 0 radical (unpaired) electrons. The molecular formula is C11H17NO2S. The maximum atomic E-state index is 9.33. The second-order valence-corrected chi connectivity index (χ2v) is 4.48. The van der Waals surface area contributed by atoms with Gasteiger partial charge in [-0.3, -0.25) is 0 Å². The quantitative estimate of drug-likeness (QED) is 0.445. The first-order chi connectivity index (χ1) is 7.25. The van der Waals surface area contributed by atoms with Crippen LogP contribution in [0.1, 0.15) is 13.3 Å². The highest BCUT2D eigenvalue weighted by Gasteiger charge is 2.03. The molecule has 0 bridgehead atoms. The smallest absolute Gasteiger partial charge is 0.145 e. The summed E-state index contributed by atoms with van der Waals surface area (Å²) in [5.41, 5.74) is 5.96. The second-order valence-electron chi connectivity index (χ2n) is 3.09. The van der Waals surface area contributed by atoms with Gasteiger partial charge in [-0.25, -0.2) is 0 Å². The van der Waals surface area contributed by atoms with Gasteiger partial charge >= 0.3 is 0 Å². The minimum Gasteiger partial charge on any atom is -0.506 e. The van der Waals surface area contributed by atoms with Crippen molar-refractivity contribution in [3.8, 4) is 11.5 Å². The van der Waals surface area contributed by atoms with Crippen molar-refractivity contribution in [2.24, 2.45) is 0 Å². The Bertz CT molecular complexity index is 305. The van der Waals surface area contributed by atoms with Crippen LogP contribution in [-0.4, -0.2) is 23.2 Å². The number of aromatic hydroxyl groups is 1. The van der Waals surface area contributed by atoms with E-state index in [-0.39, 0.29) is 5.75 Å². The van der Waals surface area contributed by atoms with Crippen molar-refractivity contribution in [2.45, 2.75) is 13.3 Å². The normalized spacial score (nSPS) is 10.2. The number of thioether (sulfide) groups is 1. The van der Waals surface area contributed by atoms with Crippen LogP contribution in [0.4, 0.5) is 5.69 Å². The summed E-state index contributed by atoms with van der Waals surface area (Å²) in [5.74, 6) is 2.87. The lowest BCUT2D eigenvalue weighted by atomic mass is 10.3. The van der Waals surface area contributed by atoms with Crippen LogP contribution in [0.5, 0.6) is 11.5 Å². The number of para-hydroxylation sites is 1. The van der Waals surface area contributed by atoms with Crippen molar-refractivity contribution in [3.05, 3.63) is 18.2 Å². The van der Waals surface area contributed by atoms with Gasteiger partial charge in [0.05, 0.1) is 6.61 Å². The molecule has 1 aromatic carbocycles. The number of phenolic OH excluding ortho intramolecular Hbond substituents is 1. The minimum atomic E-state index is 0.0791. The van der Waals surface area contributed by atoms with Crippen molar-refractivity contribution in [1.82, 2.24) is 0 Å². The van der Waals surface area contributed by atoms with E-state index in [2.05, 4.69) is 6.92 Å². The number of nitrogen functional groups attached to an aromatic ring is 1. The Kier molecular flexibility index (Phi) is 5.18. The Balaban J connectivity index is 2.34. The lowest BCUT2D eigenvalue weighted by Gasteiger charge is -2.09. The Morgan fingerprint density at radius 1 is 1.47 bits per heavy atom. The molecule has 0 amide bonds. The van der Waals surface area contributed by atoms with Crippen molar-refractivity contribution in [1.29, 1.82) is 0 Å². The molecule has 0 aliphatic rings. The van der Waals surface area contributed by atoms with Crippen LogP contribution >= 0.6 is 11.8 Å². The molecule has 0 heterocycles. The van der Waals surface area contributed by atoms with Crippen LogP contribution in [-0.2, 0) is 0 Å². The summed E-state index contributed by atoms with van der Waals surface area (Å²) >= 11 is 1.89. The van der Waals surface area contributed by atoms with E-state index in [1.54, 1.807) is 18.2 Å². The molecule has 0 spiro atoms. The standard InChI is InChI=1S/C11H17NO2S/c1-2-15-8-4-7-14-10-6-3-5-9(13)11(10)12/h3,5-6,13H,2,4,7-8,12H2,1H3. The number of phenols is 1. The van der Waals surface area contributed by atoms with Crippen molar-refractivity contribution in [3.63, 3.8) is 0 Å². The summed E-state index contributed by atoms with van der Waals surface area (Å²) in [6, 6.07) is 5.04. The molecule has 4 heteroatoms. The number of benzene rings is 1. The van der Waals surface area contributed by atoms with E-state index >= 15 is 0 Å². The molecule has 3 nitrogen and oxygen atoms in total. The van der Waals surface area contributed by atoms with E-state index in [1.165, 1.54) is 0 Å². The Morgan fingerprint density at radius 2 is 2.27 bits per heavy atom. The van der Waals surface area contributed by atoms with Gasteiger partial charge in [0.2, 0.25) is 0 Å². The SMILES string of the molecule is CCSCCCOc1cccc(O)c1N. The third-order valence-electron chi connectivity index (χ3n) is 1.94. The zero-order valence-corrected chi connectivity index (χ0v) is 9.72. The average molecular weight is 227 g/mol. The van der Waals surface area contributed by atoms with Gasteiger partial charge in [0.1, 0.15) is 17.2 Å². The van der Waals surface area contributed by atoms with Gasteiger partial charge in [0, 0.05) is 0 Å². The summed E-state index contributed by atoms with van der Waals surface area (Å²) < 4.78 is 5.47. The molecule has 3 N–H and O–H groups in total. The number of nitrogens with two attached hydrogens (primary N) is 1. The largest absolute Gasteiger partial charge is 0.506 e. The molecule has 84 valence electrons. The summed E-state index contributed by atoms with van der Waals surface area (Å²) in [6.45, 7) is 2.78. The van der Waals surface area contributed by atoms with Gasteiger partial charge in [-0.2, -0.15) is 11.8 Å². The average Bonchev–Trinajstić information content (AvgIpc) is 2.24. The highest BCUT2D eigenvalue weighted by molar-refractivity contribution is 7.99. The first kappa shape index (κ1) is 12.0. The van der Waals surface area contributed by atoms with Crippen molar-refractivity contribution >= 4 is 17.4 Å². The summed E-state index contributed by atoms with van der Waals surface area (Å²) in [4.78, 5) is 0. The van der Waals surface area contributed by atoms with Crippen LogP contribution in [0, 0.1) is 0 Å². The first-order valence-corrected chi connectivity index (χ1v) is 6.19. The second kappa shape index (κ2) is 6.45. The fourth-order valence-corrected chi connectivity index (χ4v) is 1.76. The van der Waals surface area contributed by atoms with Gasteiger partial charge < -0.3 is 15.6 Å². The molecule has 0 unspecified atom stereocenters. The summed E-state index contributed by atoms with van der Waals surface area (Å²) in [7, 11) is 0. The number of hydrogen-bond donors (Lipinski definition) is 2. The number of hydrogen-bond acceptors (Lipinski definition) is 4. The van der Waals surface area contributed by atoms with Gasteiger partial charge in [-0.15, -0.1) is 0 Å². The molecule has 0 atom stereocenters. The number of rotatable bonds is 6. The molecule has 0 saturated heterocycles. The Hall–Kier alpha value is -1.03. The lowest BCUT2D eigenvalue weighted by Crippen LogP contribution is -2.01. The topological polar surface area (TPSA) is 55.5 Å². The third-order valence-corrected chi connectivity index (χ3v) is 2.92. The fourth-order valence-electron chi connectivity index (χ4n) is 1.15.